The Morgan fingerprint density at radius 2 is 2.12 bits per heavy atom. The van der Waals surface area contributed by atoms with E-state index in [0.29, 0.717) is 0 Å². The summed E-state index contributed by atoms with van der Waals surface area (Å²) < 4.78 is 2.00. The van der Waals surface area contributed by atoms with Gasteiger partial charge in [-0.2, -0.15) is 5.10 Å². The van der Waals surface area contributed by atoms with Crippen LogP contribution in [0.5, 0.6) is 0 Å². The van der Waals surface area contributed by atoms with Gasteiger partial charge in [-0.05, 0) is 37.3 Å². The molecular weight excluding hydrogens is 196 g/mol. The van der Waals surface area contributed by atoms with Gasteiger partial charge >= 0.3 is 0 Å². The first-order chi connectivity index (χ1) is 7.84. The number of hydrogen-bond acceptors (Lipinski definition) is 1. The van der Waals surface area contributed by atoms with Crippen molar-refractivity contribution < 1.29 is 0 Å². The Kier molecular flexibility index (Phi) is 5.62. The Morgan fingerprint density at radius 3 is 2.81 bits per heavy atom. The molecule has 1 aromatic heterocycles. The Balaban J connectivity index is 0.000000606. The average Bonchev–Trinajstić information content (AvgIpc) is 2.56. The highest BCUT2D eigenvalue weighted by molar-refractivity contribution is 5.20. The van der Waals surface area contributed by atoms with Gasteiger partial charge in [-0.15, -0.1) is 0 Å². The zero-order valence-corrected chi connectivity index (χ0v) is 10.6. The Labute approximate surface area is 98.7 Å². The fraction of sp³-hybridized carbons (Fsp3) is 0.500. The van der Waals surface area contributed by atoms with Gasteiger partial charge in [-0.3, -0.25) is 4.68 Å². The van der Waals surface area contributed by atoms with Gasteiger partial charge in [0.2, 0.25) is 0 Å². The molecule has 0 fully saturated rings. The van der Waals surface area contributed by atoms with E-state index < -0.39 is 0 Å². The van der Waals surface area contributed by atoms with Gasteiger partial charge in [0.15, 0.2) is 0 Å². The number of nitrogens with zero attached hydrogens (tertiary/aromatic N) is 2. The highest BCUT2D eigenvalue weighted by Crippen LogP contribution is 2.11. The van der Waals surface area contributed by atoms with E-state index in [1.807, 2.05) is 24.7 Å². The van der Waals surface area contributed by atoms with Crippen LogP contribution in [0.1, 0.15) is 38.7 Å². The molecule has 0 N–H and O–H groups in total. The van der Waals surface area contributed by atoms with Gasteiger partial charge in [0.25, 0.3) is 0 Å². The summed E-state index contributed by atoms with van der Waals surface area (Å²) in [5.41, 5.74) is 2.61. The lowest BCUT2D eigenvalue weighted by Crippen LogP contribution is -1.99. The lowest BCUT2D eigenvalue weighted by atomic mass is 10.2. The summed E-state index contributed by atoms with van der Waals surface area (Å²) in [6.45, 7) is 6.98. The monoisotopic (exact) mass is 218 g/mol. The van der Waals surface area contributed by atoms with E-state index in [2.05, 4.69) is 36.4 Å². The van der Waals surface area contributed by atoms with Crippen LogP contribution in [0.4, 0.5) is 0 Å². The summed E-state index contributed by atoms with van der Waals surface area (Å²) in [6.07, 6.45) is 14.5. The minimum absolute atomic E-state index is 0.907. The molecule has 0 unspecified atom stereocenters. The molecule has 0 atom stereocenters. The van der Waals surface area contributed by atoms with Crippen LogP contribution in [0, 0.1) is 6.92 Å². The van der Waals surface area contributed by atoms with Gasteiger partial charge in [-0.1, -0.05) is 32.1 Å². The first kappa shape index (κ1) is 12.8. The SMILES string of the molecule is CC.Cc1cnn(CC2=CCCCC=C2)c1. The third-order valence-corrected chi connectivity index (χ3v) is 2.42. The minimum atomic E-state index is 0.907. The molecule has 0 spiro atoms. The molecule has 0 aliphatic heterocycles. The minimum Gasteiger partial charge on any atom is -0.268 e. The number of aromatic nitrogens is 2. The van der Waals surface area contributed by atoms with Gasteiger partial charge in [0, 0.05) is 6.20 Å². The van der Waals surface area contributed by atoms with E-state index in [1.165, 1.54) is 30.4 Å². The van der Waals surface area contributed by atoms with Crippen molar-refractivity contribution in [2.45, 2.75) is 46.6 Å². The molecule has 0 saturated carbocycles. The molecule has 0 amide bonds. The van der Waals surface area contributed by atoms with Crippen molar-refractivity contribution in [3.63, 3.8) is 0 Å². The maximum Gasteiger partial charge on any atom is 0.0656 e. The molecule has 2 nitrogen and oxygen atoms in total. The quantitative estimate of drug-likeness (QED) is 0.736. The van der Waals surface area contributed by atoms with E-state index in [0.717, 1.165) is 6.54 Å². The zero-order chi connectivity index (χ0) is 11.8. The number of rotatable bonds is 2. The highest BCUT2D eigenvalue weighted by Gasteiger charge is 1.99. The number of hydrogen-bond donors (Lipinski definition) is 0. The summed E-state index contributed by atoms with van der Waals surface area (Å²) >= 11 is 0. The maximum absolute atomic E-state index is 4.28. The van der Waals surface area contributed by atoms with Gasteiger partial charge < -0.3 is 0 Å². The predicted octanol–water partition coefficient (Wildman–Crippen LogP) is 3.88. The van der Waals surface area contributed by atoms with Crippen LogP contribution in [0.2, 0.25) is 0 Å². The van der Waals surface area contributed by atoms with Crippen LogP contribution in [-0.4, -0.2) is 9.78 Å². The van der Waals surface area contributed by atoms with Crippen LogP contribution >= 0.6 is 0 Å². The van der Waals surface area contributed by atoms with E-state index in [4.69, 9.17) is 0 Å². The fourth-order valence-corrected chi connectivity index (χ4v) is 1.68. The van der Waals surface area contributed by atoms with Gasteiger partial charge in [0.05, 0.1) is 12.7 Å². The molecule has 88 valence electrons. The summed E-state index contributed by atoms with van der Waals surface area (Å²) in [5.74, 6) is 0. The topological polar surface area (TPSA) is 17.8 Å². The summed E-state index contributed by atoms with van der Waals surface area (Å²) in [4.78, 5) is 0. The van der Waals surface area contributed by atoms with Crippen molar-refractivity contribution >= 4 is 0 Å². The van der Waals surface area contributed by atoms with E-state index in [1.54, 1.807) is 0 Å². The lowest BCUT2D eigenvalue weighted by Gasteiger charge is -2.01. The van der Waals surface area contributed by atoms with Gasteiger partial charge in [0.1, 0.15) is 0 Å². The van der Waals surface area contributed by atoms with Crippen LogP contribution in [0.3, 0.4) is 0 Å². The van der Waals surface area contributed by atoms with Crippen molar-refractivity contribution in [3.8, 4) is 0 Å². The Hall–Kier alpha value is -1.31. The number of allylic oxidation sites excluding steroid dienone is 4. The van der Waals surface area contributed by atoms with Crippen molar-refractivity contribution in [2.75, 3.05) is 0 Å². The summed E-state index contributed by atoms with van der Waals surface area (Å²) in [6, 6.07) is 0. The first-order valence-corrected chi connectivity index (χ1v) is 6.19. The molecule has 1 aliphatic carbocycles. The second kappa shape index (κ2) is 7.04. The van der Waals surface area contributed by atoms with Crippen LogP contribution in [0.25, 0.3) is 0 Å². The Bertz CT molecular complexity index is 359. The van der Waals surface area contributed by atoms with Crippen LogP contribution in [0.15, 0.2) is 36.2 Å². The molecule has 0 saturated heterocycles. The van der Waals surface area contributed by atoms with Crippen molar-refractivity contribution in [1.82, 2.24) is 9.78 Å². The van der Waals surface area contributed by atoms with Gasteiger partial charge in [-0.25, -0.2) is 0 Å². The zero-order valence-electron chi connectivity index (χ0n) is 10.6. The van der Waals surface area contributed by atoms with E-state index in [9.17, 15) is 0 Å². The fourth-order valence-electron chi connectivity index (χ4n) is 1.68. The molecule has 2 rings (SSSR count). The smallest absolute Gasteiger partial charge is 0.0656 e. The molecule has 1 aliphatic rings. The summed E-state index contributed by atoms with van der Waals surface area (Å²) in [7, 11) is 0. The third-order valence-electron chi connectivity index (χ3n) is 2.42. The highest BCUT2D eigenvalue weighted by atomic mass is 15.3. The second-order valence-electron chi connectivity index (χ2n) is 3.83. The summed E-state index contributed by atoms with van der Waals surface area (Å²) in [5, 5.41) is 4.28. The molecule has 0 aromatic carbocycles. The molecule has 2 heteroatoms. The van der Waals surface area contributed by atoms with Crippen molar-refractivity contribution in [1.29, 1.82) is 0 Å². The van der Waals surface area contributed by atoms with Crippen LogP contribution in [-0.2, 0) is 6.54 Å². The average molecular weight is 218 g/mol. The predicted molar refractivity (Wildman–Crippen MR) is 69.4 cm³/mol. The largest absolute Gasteiger partial charge is 0.268 e. The van der Waals surface area contributed by atoms with E-state index in [-0.39, 0.29) is 0 Å². The second-order valence-corrected chi connectivity index (χ2v) is 3.83. The normalized spacial score (nSPS) is 14.8. The molecule has 1 aromatic rings. The van der Waals surface area contributed by atoms with Crippen molar-refractivity contribution in [3.05, 3.63) is 41.8 Å². The first-order valence-electron chi connectivity index (χ1n) is 6.19. The maximum atomic E-state index is 4.28. The molecule has 0 bridgehead atoms. The lowest BCUT2D eigenvalue weighted by molar-refractivity contribution is 0.683. The van der Waals surface area contributed by atoms with E-state index >= 15 is 0 Å². The molecular formula is C14H22N2. The van der Waals surface area contributed by atoms with Crippen molar-refractivity contribution in [2.24, 2.45) is 0 Å². The third kappa shape index (κ3) is 4.05. The standard InChI is InChI=1S/C12H16N2.C2H6/c1-11-8-13-14(9-11)10-12-6-4-2-3-5-7-12;1-2/h4,6-9H,2-3,5,10H2,1H3;1-2H3. The van der Waals surface area contributed by atoms with Crippen LogP contribution < -0.4 is 0 Å². The Morgan fingerprint density at radius 1 is 1.31 bits per heavy atom. The molecule has 16 heavy (non-hydrogen) atoms. The molecule has 0 radical (unpaired) electrons. The molecule has 1 heterocycles. The number of aryl methyl sites for hydroxylation is 1.